The van der Waals surface area contributed by atoms with Gasteiger partial charge in [-0.2, -0.15) is 0 Å². The molecule has 2 heterocycles. The highest BCUT2D eigenvalue weighted by Gasteiger charge is 2.38. The van der Waals surface area contributed by atoms with Gasteiger partial charge in [0.2, 0.25) is 10.0 Å². The summed E-state index contributed by atoms with van der Waals surface area (Å²) in [5.74, 6) is 0.465. The minimum absolute atomic E-state index is 0.0488. The highest BCUT2D eigenvalue weighted by atomic mass is 32.2. The molecule has 1 N–H and O–H groups in total. The average molecular weight is 489 g/mol. The van der Waals surface area contributed by atoms with Crippen LogP contribution in [0.25, 0.3) is 0 Å². The van der Waals surface area contributed by atoms with Crippen LogP contribution in [-0.4, -0.2) is 70.1 Å². The Hall–Kier alpha value is -2.62. The molecule has 9 heteroatoms. The van der Waals surface area contributed by atoms with E-state index in [4.69, 9.17) is 14.2 Å². The van der Waals surface area contributed by atoms with Crippen LogP contribution in [0.1, 0.15) is 34.3 Å². The van der Waals surface area contributed by atoms with Crippen LogP contribution in [-0.2, 0) is 19.5 Å². The van der Waals surface area contributed by atoms with E-state index in [9.17, 15) is 13.2 Å². The van der Waals surface area contributed by atoms with Gasteiger partial charge in [-0.15, -0.1) is 0 Å². The molecule has 2 aromatic rings. The largest absolute Gasteiger partial charge is 0.486 e. The lowest BCUT2D eigenvalue weighted by atomic mass is 10.0. The summed E-state index contributed by atoms with van der Waals surface area (Å²) in [7, 11) is -1.91. The lowest BCUT2D eigenvalue weighted by Gasteiger charge is -2.23. The summed E-state index contributed by atoms with van der Waals surface area (Å²) >= 11 is 0. The predicted molar refractivity (Wildman–Crippen MR) is 130 cm³/mol. The number of likely N-dealkylation sites (tertiary alicyclic amines) is 1. The third-order valence-electron chi connectivity index (χ3n) is 6.42. The van der Waals surface area contributed by atoms with Crippen LogP contribution in [0, 0.1) is 13.8 Å². The first-order chi connectivity index (χ1) is 16.3. The zero-order valence-electron chi connectivity index (χ0n) is 19.8. The molecule has 0 saturated carbocycles. The van der Waals surface area contributed by atoms with Crippen molar-refractivity contribution in [3.63, 3.8) is 0 Å². The summed E-state index contributed by atoms with van der Waals surface area (Å²) in [6.07, 6.45) is 0.291. The molecule has 4 rings (SSSR count). The summed E-state index contributed by atoms with van der Waals surface area (Å²) in [6.45, 7) is 5.59. The second-order valence-electron chi connectivity index (χ2n) is 8.95. The van der Waals surface area contributed by atoms with Crippen molar-refractivity contribution < 1.29 is 27.4 Å². The number of hydrogen-bond acceptors (Lipinski definition) is 6. The van der Waals surface area contributed by atoms with Crippen molar-refractivity contribution in [3.8, 4) is 5.75 Å². The number of hydrogen-bond donors (Lipinski definition) is 1. The number of methoxy groups -OCH3 is 1. The van der Waals surface area contributed by atoms with Crippen molar-refractivity contribution in [1.29, 1.82) is 0 Å². The molecule has 34 heavy (non-hydrogen) atoms. The number of aryl methyl sites for hydroxylation is 2. The molecule has 2 saturated heterocycles. The number of nitrogens with one attached hydrogen (secondary N) is 1. The van der Waals surface area contributed by atoms with Crippen molar-refractivity contribution in [3.05, 3.63) is 59.2 Å². The molecule has 184 valence electrons. The Kier molecular flexibility index (Phi) is 7.45. The van der Waals surface area contributed by atoms with Crippen LogP contribution in [0.5, 0.6) is 5.75 Å². The summed E-state index contributed by atoms with van der Waals surface area (Å²) in [6, 6.07) is 12.7. The van der Waals surface area contributed by atoms with Crippen molar-refractivity contribution in [2.45, 2.75) is 44.1 Å². The second-order valence-corrected chi connectivity index (χ2v) is 10.9. The Balaban J connectivity index is 1.45. The lowest BCUT2D eigenvalue weighted by molar-refractivity contribution is 0.0340. The van der Waals surface area contributed by atoms with Gasteiger partial charge in [0.1, 0.15) is 18.0 Å². The number of carbonyl (C=O) groups excluding carboxylic acids is 1. The molecule has 0 radical (unpaired) electrons. The van der Waals surface area contributed by atoms with Crippen LogP contribution in [0.2, 0.25) is 0 Å². The van der Waals surface area contributed by atoms with Crippen molar-refractivity contribution >= 4 is 21.6 Å². The smallest absolute Gasteiger partial charge is 0.254 e. The topological polar surface area (TPSA) is 94.2 Å². The van der Waals surface area contributed by atoms with Crippen molar-refractivity contribution in [2.24, 2.45) is 0 Å². The van der Waals surface area contributed by atoms with E-state index in [-0.39, 0.29) is 18.1 Å². The maximum absolute atomic E-state index is 13.2. The number of nitrogens with zero attached hydrogens (tertiary/aromatic N) is 1. The summed E-state index contributed by atoms with van der Waals surface area (Å²) in [5.41, 5.74) is 3.09. The third kappa shape index (κ3) is 5.54. The highest BCUT2D eigenvalue weighted by Crippen LogP contribution is 2.26. The first-order valence-corrected chi connectivity index (χ1v) is 13.1. The van der Waals surface area contributed by atoms with E-state index in [1.54, 1.807) is 36.3 Å². The fraction of sp³-hybridized carbons (Fsp3) is 0.480. The van der Waals surface area contributed by atoms with Gasteiger partial charge in [-0.3, -0.25) is 9.52 Å². The molecule has 0 aliphatic carbocycles. The van der Waals surface area contributed by atoms with E-state index in [1.165, 1.54) is 0 Å². The Bertz CT molecular complexity index is 1130. The maximum Gasteiger partial charge on any atom is 0.254 e. The standard InChI is InChI=1S/C25H32N2O6S/c1-17-7-8-18(2)22(13-17)25(28)27-15-23(31-3)24(16-27)33-20-6-4-5-19(14-20)26-34(29,30)21-9-11-32-12-10-21/h4-8,13-14,21,23-24,26H,9-12,15-16H2,1-3H3/t23-,24-/m1/s1. The molecule has 0 spiro atoms. The molecule has 2 aromatic carbocycles. The molecule has 2 aliphatic heterocycles. The van der Waals surface area contributed by atoms with E-state index < -0.39 is 15.3 Å². The van der Waals surface area contributed by atoms with Gasteiger partial charge in [-0.25, -0.2) is 8.42 Å². The van der Waals surface area contributed by atoms with Crippen LogP contribution in [0.3, 0.4) is 0 Å². The van der Waals surface area contributed by atoms with E-state index in [0.29, 0.717) is 56.1 Å². The number of sulfonamides is 1. The molecule has 1 amide bonds. The molecule has 8 nitrogen and oxygen atoms in total. The van der Waals surface area contributed by atoms with Crippen molar-refractivity contribution in [2.75, 3.05) is 38.1 Å². The fourth-order valence-electron chi connectivity index (χ4n) is 4.43. The van der Waals surface area contributed by atoms with E-state index in [0.717, 1.165) is 11.1 Å². The number of benzene rings is 2. The molecular weight excluding hydrogens is 456 g/mol. The van der Waals surface area contributed by atoms with Crippen LogP contribution in [0.4, 0.5) is 5.69 Å². The number of carbonyl (C=O) groups is 1. The normalized spacial score (nSPS) is 21.4. The molecule has 0 bridgehead atoms. The quantitative estimate of drug-likeness (QED) is 0.644. The minimum atomic E-state index is -3.52. The van der Waals surface area contributed by atoms with Gasteiger partial charge >= 0.3 is 0 Å². The lowest BCUT2D eigenvalue weighted by Crippen LogP contribution is -2.33. The Morgan fingerprint density at radius 1 is 1.06 bits per heavy atom. The Morgan fingerprint density at radius 3 is 2.53 bits per heavy atom. The third-order valence-corrected chi connectivity index (χ3v) is 8.29. The SMILES string of the molecule is CO[C@@H]1CN(C(=O)c2cc(C)ccc2C)C[C@H]1Oc1cccc(NS(=O)(=O)C2CCOCC2)c1. The molecule has 0 unspecified atom stereocenters. The first kappa shape index (κ1) is 24.5. The number of amides is 1. The van der Waals surface area contributed by atoms with E-state index in [2.05, 4.69) is 4.72 Å². The zero-order chi connectivity index (χ0) is 24.3. The van der Waals surface area contributed by atoms with Gasteiger partial charge in [0.25, 0.3) is 5.91 Å². The average Bonchev–Trinajstić information content (AvgIpc) is 3.23. The molecule has 2 aliphatic rings. The van der Waals surface area contributed by atoms with Gasteiger partial charge in [0.05, 0.1) is 24.0 Å². The second kappa shape index (κ2) is 10.3. The van der Waals surface area contributed by atoms with Gasteiger partial charge in [0, 0.05) is 32.0 Å². The Labute approximate surface area is 201 Å². The predicted octanol–water partition coefficient (Wildman–Crippen LogP) is 3.14. The van der Waals surface area contributed by atoms with Gasteiger partial charge in [-0.05, 0) is 50.5 Å². The molecule has 2 fully saturated rings. The number of anilines is 1. The monoisotopic (exact) mass is 488 g/mol. The zero-order valence-corrected chi connectivity index (χ0v) is 20.6. The summed E-state index contributed by atoms with van der Waals surface area (Å²) in [5, 5.41) is -0.469. The van der Waals surface area contributed by atoms with Crippen LogP contribution < -0.4 is 9.46 Å². The summed E-state index contributed by atoms with van der Waals surface area (Å²) in [4.78, 5) is 14.9. The molecule has 0 aromatic heterocycles. The van der Waals surface area contributed by atoms with Gasteiger partial charge in [-0.1, -0.05) is 23.8 Å². The minimum Gasteiger partial charge on any atom is -0.486 e. The van der Waals surface area contributed by atoms with Crippen LogP contribution in [0.15, 0.2) is 42.5 Å². The van der Waals surface area contributed by atoms with E-state index in [1.807, 2.05) is 32.0 Å². The summed E-state index contributed by atoms with van der Waals surface area (Å²) < 4.78 is 45.2. The maximum atomic E-state index is 13.2. The fourth-order valence-corrected chi connectivity index (χ4v) is 5.86. The number of rotatable bonds is 7. The van der Waals surface area contributed by atoms with Gasteiger partial charge < -0.3 is 19.1 Å². The highest BCUT2D eigenvalue weighted by molar-refractivity contribution is 7.93. The van der Waals surface area contributed by atoms with E-state index >= 15 is 0 Å². The molecule has 2 atom stereocenters. The van der Waals surface area contributed by atoms with Crippen LogP contribution >= 0.6 is 0 Å². The van der Waals surface area contributed by atoms with Gasteiger partial charge in [0.15, 0.2) is 0 Å². The Morgan fingerprint density at radius 2 is 1.79 bits per heavy atom. The molecular formula is C25H32N2O6S. The van der Waals surface area contributed by atoms with Crippen molar-refractivity contribution in [1.82, 2.24) is 4.90 Å². The number of ether oxygens (including phenoxy) is 3. The first-order valence-electron chi connectivity index (χ1n) is 11.5.